The van der Waals surface area contributed by atoms with Gasteiger partial charge in [-0.15, -0.1) is 0 Å². The lowest BCUT2D eigenvalue weighted by molar-refractivity contribution is 0.0425. The van der Waals surface area contributed by atoms with Crippen LogP contribution in [0.4, 0.5) is 8.78 Å². The van der Waals surface area contributed by atoms with Crippen LogP contribution in [0.5, 0.6) is 0 Å². The van der Waals surface area contributed by atoms with Crippen molar-refractivity contribution in [1.82, 2.24) is 20.2 Å². The Morgan fingerprint density at radius 3 is 2.80 bits per heavy atom. The molecule has 0 unspecified atom stereocenters. The number of hydrogen-bond donors (Lipinski definition) is 2. The molecule has 180 valence electrons. The fourth-order valence-electron chi connectivity index (χ4n) is 4.13. The molecule has 0 saturated carbocycles. The molecule has 2 aliphatic heterocycles. The molecule has 3 heterocycles. The molecule has 1 amide bonds. The summed E-state index contributed by atoms with van der Waals surface area (Å²) in [7, 11) is 0. The molecule has 3 aromatic rings. The van der Waals surface area contributed by atoms with Gasteiger partial charge in [0.2, 0.25) is 0 Å². The highest BCUT2D eigenvalue weighted by Gasteiger charge is 2.20. The van der Waals surface area contributed by atoms with E-state index in [1.165, 1.54) is 23.4 Å². The van der Waals surface area contributed by atoms with Gasteiger partial charge >= 0.3 is 0 Å². The van der Waals surface area contributed by atoms with Gasteiger partial charge in [-0.1, -0.05) is 47.8 Å². The standard InChI is InChI=1S/C26H24F2N4O2S/c1-16-13-22(35-15-17(16)14-32-9-11-34-12-10-32)30-26(33)20-7-4-8-21-23(20)31-25(29-21)19-6-3-2-5-18(19)24(27)28/h2-8,15,24H,9-12,14H2,1H3,(H,29,31)(H,30,33). The molecule has 35 heavy (non-hydrogen) atoms. The highest BCUT2D eigenvalue weighted by molar-refractivity contribution is 8.05. The summed E-state index contributed by atoms with van der Waals surface area (Å²) in [6.45, 7) is 6.11. The van der Waals surface area contributed by atoms with E-state index in [4.69, 9.17) is 4.74 Å². The number of H-pyrrole nitrogens is 1. The van der Waals surface area contributed by atoms with E-state index in [9.17, 15) is 13.6 Å². The van der Waals surface area contributed by atoms with E-state index in [1.807, 2.05) is 12.3 Å². The highest BCUT2D eigenvalue weighted by Crippen LogP contribution is 2.31. The summed E-state index contributed by atoms with van der Waals surface area (Å²) in [6.07, 6.45) is -2.63. The number of carbonyl (C=O) groups is 1. The number of carbonyl (C=O) groups excluding carboxylic acids is 1. The normalized spacial score (nSPS) is 16.7. The first kappa shape index (κ1) is 23.5. The quantitative estimate of drug-likeness (QED) is 0.459. The third-order valence-electron chi connectivity index (χ3n) is 6.03. The van der Waals surface area contributed by atoms with E-state index in [0.717, 1.165) is 38.4 Å². The van der Waals surface area contributed by atoms with Gasteiger partial charge in [-0.3, -0.25) is 9.69 Å². The largest absolute Gasteiger partial charge is 0.379 e. The zero-order valence-electron chi connectivity index (χ0n) is 19.1. The molecule has 2 aromatic carbocycles. The van der Waals surface area contributed by atoms with Crippen LogP contribution >= 0.6 is 11.8 Å². The molecule has 1 aromatic heterocycles. The number of alkyl halides is 2. The molecule has 5 rings (SSSR count). The van der Waals surface area contributed by atoms with E-state index in [-0.39, 0.29) is 11.5 Å². The summed E-state index contributed by atoms with van der Waals surface area (Å²) in [5.41, 5.74) is 7.02. The average Bonchev–Trinajstić information content (AvgIpc) is 3.31. The number of hydrogen-bond acceptors (Lipinski definition) is 5. The Bertz CT molecular complexity index is 1370. The number of rotatable bonds is 6. The smallest absolute Gasteiger partial charge is 0.264 e. The van der Waals surface area contributed by atoms with Gasteiger partial charge in [-0.2, -0.15) is 0 Å². The zero-order valence-corrected chi connectivity index (χ0v) is 19.9. The van der Waals surface area contributed by atoms with Crippen molar-refractivity contribution < 1.29 is 18.3 Å². The Labute approximate surface area is 205 Å². The Hall–Kier alpha value is -3.23. The van der Waals surface area contributed by atoms with Crippen molar-refractivity contribution in [3.8, 4) is 11.4 Å². The lowest BCUT2D eigenvalue weighted by atomic mass is 10.1. The number of nitrogens with zero attached hydrogens (tertiary/aromatic N) is 2. The van der Waals surface area contributed by atoms with Crippen molar-refractivity contribution in [1.29, 1.82) is 0 Å². The summed E-state index contributed by atoms with van der Waals surface area (Å²) in [5.74, 6) is -0.0301. The number of imidazole rings is 1. The van der Waals surface area contributed by atoms with Gasteiger partial charge in [-0.25, -0.2) is 13.8 Å². The molecule has 1 fully saturated rings. The first-order valence-corrected chi connectivity index (χ1v) is 12.2. The van der Waals surface area contributed by atoms with E-state index < -0.39 is 6.43 Å². The molecule has 0 aliphatic carbocycles. The van der Waals surface area contributed by atoms with Crippen molar-refractivity contribution >= 4 is 28.7 Å². The molecular weight excluding hydrogens is 470 g/mol. The number of thioether (sulfide) groups is 1. The second-order valence-corrected chi connectivity index (χ2v) is 9.24. The van der Waals surface area contributed by atoms with Crippen molar-refractivity contribution in [2.45, 2.75) is 13.3 Å². The van der Waals surface area contributed by atoms with Gasteiger partial charge in [-0.05, 0) is 35.6 Å². The summed E-state index contributed by atoms with van der Waals surface area (Å²) in [6, 6.07) is 11.4. The van der Waals surface area contributed by atoms with E-state index in [1.54, 1.807) is 36.4 Å². The van der Waals surface area contributed by atoms with Crippen LogP contribution < -0.4 is 5.32 Å². The Balaban J connectivity index is 1.38. The first-order valence-electron chi connectivity index (χ1n) is 11.3. The van der Waals surface area contributed by atoms with Gasteiger partial charge in [0, 0.05) is 30.8 Å². The Morgan fingerprint density at radius 1 is 1.23 bits per heavy atom. The number of benzene rings is 2. The number of ether oxygens (including phenoxy) is 1. The van der Waals surface area contributed by atoms with Crippen LogP contribution in [0.25, 0.3) is 22.4 Å². The number of halogens is 2. The van der Waals surface area contributed by atoms with Gasteiger partial charge < -0.3 is 15.0 Å². The molecule has 9 heteroatoms. The molecule has 0 bridgehead atoms. The fourth-order valence-corrected chi connectivity index (χ4v) is 5.01. The minimum absolute atomic E-state index is 0.110. The van der Waals surface area contributed by atoms with Gasteiger partial charge in [0.05, 0.1) is 24.3 Å². The van der Waals surface area contributed by atoms with E-state index in [0.29, 0.717) is 33.0 Å². The molecule has 2 N–H and O–H groups in total. The van der Waals surface area contributed by atoms with Crippen LogP contribution in [-0.4, -0.2) is 53.6 Å². The fraction of sp³-hybridized carbons (Fsp3) is 0.269. The van der Waals surface area contributed by atoms with E-state index >= 15 is 0 Å². The second-order valence-electron chi connectivity index (χ2n) is 8.36. The van der Waals surface area contributed by atoms with Crippen LogP contribution in [-0.2, 0) is 4.74 Å². The van der Waals surface area contributed by atoms with Crippen LogP contribution in [0.15, 0.2) is 69.8 Å². The zero-order chi connectivity index (χ0) is 24.4. The van der Waals surface area contributed by atoms with Crippen molar-refractivity contribution in [3.05, 3.63) is 80.9 Å². The molecule has 6 nitrogen and oxygen atoms in total. The van der Waals surface area contributed by atoms with Crippen molar-refractivity contribution in [2.24, 2.45) is 0 Å². The average molecular weight is 495 g/mol. The van der Waals surface area contributed by atoms with Crippen LogP contribution in [0.1, 0.15) is 29.3 Å². The number of para-hydroxylation sites is 1. The number of nitrogens with one attached hydrogen (secondary N) is 2. The molecular formula is C26H24F2N4O2S. The third-order valence-corrected chi connectivity index (χ3v) is 6.88. The summed E-state index contributed by atoms with van der Waals surface area (Å²) >= 11 is 1.42. The topological polar surface area (TPSA) is 70.2 Å². The molecule has 0 spiro atoms. The predicted molar refractivity (Wildman–Crippen MR) is 133 cm³/mol. The molecule has 2 aliphatic rings. The maximum atomic E-state index is 13.5. The van der Waals surface area contributed by atoms with Gasteiger partial charge in [0.25, 0.3) is 12.3 Å². The third kappa shape index (κ3) is 5.09. The van der Waals surface area contributed by atoms with Gasteiger partial charge in [0.15, 0.2) is 0 Å². The number of aromatic nitrogens is 2. The van der Waals surface area contributed by atoms with Crippen LogP contribution in [0.3, 0.4) is 0 Å². The minimum Gasteiger partial charge on any atom is -0.379 e. The number of aromatic amines is 1. The van der Waals surface area contributed by atoms with Crippen LogP contribution in [0.2, 0.25) is 0 Å². The second kappa shape index (κ2) is 10.2. The van der Waals surface area contributed by atoms with Crippen molar-refractivity contribution in [3.63, 3.8) is 0 Å². The maximum Gasteiger partial charge on any atom is 0.264 e. The SMILES string of the molecule is CC1=C=C(NC(=O)c2cccc3[nH]c(-c4ccccc4C(F)F)nc23)SC=C1CN1CCOCC1. The number of fused-ring (bicyclic) bond motifs is 1. The molecule has 1 saturated heterocycles. The highest BCUT2D eigenvalue weighted by atomic mass is 32.2. The Morgan fingerprint density at radius 2 is 2.03 bits per heavy atom. The number of morpholine rings is 1. The summed E-state index contributed by atoms with van der Waals surface area (Å²) < 4.78 is 32.4. The van der Waals surface area contributed by atoms with Gasteiger partial charge in [0.1, 0.15) is 16.4 Å². The first-order chi connectivity index (χ1) is 17.0. The molecule has 0 atom stereocenters. The lowest BCUT2D eigenvalue weighted by Crippen LogP contribution is -2.37. The Kier molecular flexibility index (Phi) is 6.83. The number of amides is 1. The maximum absolute atomic E-state index is 13.5. The molecule has 0 radical (unpaired) electrons. The minimum atomic E-state index is -2.63. The van der Waals surface area contributed by atoms with Crippen molar-refractivity contribution in [2.75, 3.05) is 32.8 Å². The monoisotopic (exact) mass is 494 g/mol. The summed E-state index contributed by atoms with van der Waals surface area (Å²) in [5, 5.41) is 5.57. The predicted octanol–water partition coefficient (Wildman–Crippen LogP) is 5.25. The van der Waals surface area contributed by atoms with Crippen LogP contribution in [0, 0.1) is 0 Å². The lowest BCUT2D eigenvalue weighted by Gasteiger charge is -2.28. The summed E-state index contributed by atoms with van der Waals surface area (Å²) in [4.78, 5) is 23.1. The van der Waals surface area contributed by atoms with E-state index in [2.05, 4.69) is 25.9 Å².